The normalized spacial score (nSPS) is 53.9. The largest absolute Gasteiger partial charge is 0.456 e. The molecule has 2 aromatic rings. The molecule has 9 fully saturated rings. The van der Waals surface area contributed by atoms with Crippen molar-refractivity contribution in [3.05, 3.63) is 83.9 Å². The van der Waals surface area contributed by atoms with Gasteiger partial charge in [0.1, 0.15) is 59.5 Å². The number of esters is 2. The van der Waals surface area contributed by atoms with Crippen LogP contribution < -0.4 is 0 Å². The summed E-state index contributed by atoms with van der Waals surface area (Å²) >= 11 is 0. The van der Waals surface area contributed by atoms with Gasteiger partial charge in [-0.25, -0.2) is 9.59 Å². The number of hydrogen-bond donors (Lipinski definition) is 4. The van der Waals surface area contributed by atoms with Crippen molar-refractivity contribution in [2.24, 2.45) is 35.5 Å². The van der Waals surface area contributed by atoms with E-state index in [1.807, 2.05) is 50.2 Å². The van der Waals surface area contributed by atoms with E-state index in [0.29, 0.717) is 43.2 Å². The monoisotopic (exact) mass is 814 g/mol. The van der Waals surface area contributed by atoms with Gasteiger partial charge < -0.3 is 53.6 Å². The summed E-state index contributed by atoms with van der Waals surface area (Å²) in [5.74, 6) is -5.82. The summed E-state index contributed by atoms with van der Waals surface area (Å²) in [6.07, 6.45) is -1.08. The van der Waals surface area contributed by atoms with Crippen molar-refractivity contribution < 1.29 is 63.2 Å². The lowest BCUT2D eigenvalue weighted by Crippen LogP contribution is -2.89. The van der Waals surface area contributed by atoms with Crippen molar-refractivity contribution in [2.75, 3.05) is 0 Å². The first-order valence-electron chi connectivity index (χ1n) is 21.5. The smallest absolute Gasteiger partial charge is 0.338 e. The second kappa shape index (κ2) is 12.7. The molecule has 316 valence electrons. The quantitative estimate of drug-likeness (QED) is 0.260. The molecule has 4 N–H and O–H groups in total. The summed E-state index contributed by atoms with van der Waals surface area (Å²) in [6.45, 7) is 7.19. The molecule has 9 heterocycles. The fourth-order valence-corrected chi connectivity index (χ4v) is 13.5. The van der Waals surface area contributed by atoms with Gasteiger partial charge in [0.2, 0.25) is 0 Å². The molecule has 2 aromatic carbocycles. The third kappa shape index (κ3) is 5.11. The molecule has 0 radical (unpaired) electrons. The number of benzene rings is 2. The number of rotatable bonds is 3. The number of ether oxygens (including phenoxy) is 7. The topological polar surface area (TPSA) is 186 Å². The Morgan fingerprint density at radius 1 is 0.847 bits per heavy atom. The molecule has 13 heteroatoms. The third-order valence-corrected chi connectivity index (χ3v) is 16.5. The number of carbonyl (C=O) groups is 2. The molecule has 1 spiro atoms. The summed E-state index contributed by atoms with van der Waals surface area (Å²) < 4.78 is 46.1. The summed E-state index contributed by atoms with van der Waals surface area (Å²) in [7, 11) is 0. The fourth-order valence-electron chi connectivity index (χ4n) is 13.5. The molecule has 59 heavy (non-hydrogen) atoms. The lowest BCUT2D eigenvalue weighted by Gasteiger charge is -2.74. The van der Waals surface area contributed by atoms with Crippen LogP contribution in [0.25, 0.3) is 0 Å². The van der Waals surface area contributed by atoms with E-state index in [0.717, 1.165) is 0 Å². The number of hydrogen-bond acceptors (Lipinski definition) is 13. The Morgan fingerprint density at radius 2 is 1.53 bits per heavy atom. The van der Waals surface area contributed by atoms with Crippen molar-refractivity contribution >= 4 is 11.9 Å². The van der Waals surface area contributed by atoms with Gasteiger partial charge in [-0.05, 0) is 88.3 Å². The van der Waals surface area contributed by atoms with E-state index in [1.54, 1.807) is 44.2 Å². The SMILES string of the molecule is CC1CC2C3(O)C1OC(=O)C=CC1OC1C(OC(=O)c1ccccc1)C1CCC(CC1)CC(C)(O)C1(O)C4OC5(c6ccccc6)OC1C(C1OC1(C)C3O)C2(O5)C4C. The van der Waals surface area contributed by atoms with Gasteiger partial charge in [0.15, 0.2) is 0 Å². The van der Waals surface area contributed by atoms with Gasteiger partial charge in [-0.2, -0.15) is 0 Å². The number of fused-ring (bicyclic) bond motifs is 1. The highest BCUT2D eigenvalue weighted by Crippen LogP contribution is 2.75. The second-order valence-corrected chi connectivity index (χ2v) is 19.6. The second-order valence-electron chi connectivity index (χ2n) is 19.6. The molecule has 15 rings (SSSR count). The van der Waals surface area contributed by atoms with Crippen LogP contribution in [0.3, 0.4) is 0 Å². The average molecular weight is 815 g/mol. The highest BCUT2D eigenvalue weighted by atomic mass is 16.9. The molecule has 13 aliphatic rings. The number of carbonyl (C=O) groups excluding carboxylic acids is 2. The zero-order valence-electron chi connectivity index (χ0n) is 33.7. The highest BCUT2D eigenvalue weighted by molar-refractivity contribution is 5.89. The average Bonchev–Trinajstić information content (AvgIpc) is 4.14. The van der Waals surface area contributed by atoms with Gasteiger partial charge in [-0.15, -0.1) is 0 Å². The van der Waals surface area contributed by atoms with E-state index in [4.69, 9.17) is 33.2 Å². The summed E-state index contributed by atoms with van der Waals surface area (Å²) in [5, 5.41) is 52.2. The Hall–Kier alpha value is -3.24. The zero-order valence-corrected chi connectivity index (χ0v) is 33.7. The van der Waals surface area contributed by atoms with Crippen LogP contribution in [0.4, 0.5) is 0 Å². The number of epoxide rings is 2. The third-order valence-electron chi connectivity index (χ3n) is 16.5. The Labute approximate surface area is 342 Å². The van der Waals surface area contributed by atoms with Gasteiger partial charge in [-0.3, -0.25) is 0 Å². The van der Waals surface area contributed by atoms with Crippen molar-refractivity contribution in [2.45, 2.75) is 149 Å². The van der Waals surface area contributed by atoms with Gasteiger partial charge in [-0.1, -0.05) is 62.4 Å². The molecule has 9 aliphatic heterocycles. The maximum Gasteiger partial charge on any atom is 0.338 e. The molecule has 18 atom stereocenters. The molecule has 0 aromatic heterocycles. The minimum Gasteiger partial charge on any atom is -0.456 e. The van der Waals surface area contributed by atoms with Gasteiger partial charge in [0.05, 0.1) is 22.9 Å². The predicted molar refractivity (Wildman–Crippen MR) is 205 cm³/mol. The zero-order chi connectivity index (χ0) is 41.1. The van der Waals surface area contributed by atoms with E-state index in [9.17, 15) is 30.0 Å². The van der Waals surface area contributed by atoms with Crippen LogP contribution in [0, 0.1) is 35.5 Å². The Kier molecular flexibility index (Phi) is 8.30. The predicted octanol–water partition coefficient (Wildman–Crippen LogP) is 3.69. The van der Waals surface area contributed by atoms with Crippen LogP contribution in [0.1, 0.15) is 82.1 Å². The summed E-state index contributed by atoms with van der Waals surface area (Å²) in [5.41, 5.74) is -7.54. The minimum atomic E-state index is -2.07. The van der Waals surface area contributed by atoms with Gasteiger partial charge in [0.25, 0.3) is 0 Å². The van der Waals surface area contributed by atoms with Crippen LogP contribution >= 0.6 is 0 Å². The van der Waals surface area contributed by atoms with Crippen LogP contribution in [-0.2, 0) is 43.9 Å². The van der Waals surface area contributed by atoms with Crippen molar-refractivity contribution in [3.63, 3.8) is 0 Å². The van der Waals surface area contributed by atoms with Crippen molar-refractivity contribution in [1.82, 2.24) is 0 Å². The standard InChI is InChI=1S/C46H54O13/c1-23-21-30-43(51)35(23)54-31(47)20-19-29-34(53-29)33(55-39(48)27-11-7-5-8-12-27)26-17-15-25(16-18-26)22-41(3,50)45(52)36-24(2)44(30)32(37-42(4,56-37)40(43)49)38(45)58-46(57-36,59-44)28-13-9-6-10-14-28/h5-14,19-20,23-26,29-30,32-38,40,49-52H,15-18,21-22H2,1-4H3. The lowest BCUT2D eigenvalue weighted by atomic mass is 9.49. The Morgan fingerprint density at radius 3 is 2.24 bits per heavy atom. The molecule has 11 bridgehead atoms. The fraction of sp³-hybridized carbons (Fsp3) is 0.652. The first-order chi connectivity index (χ1) is 28.1. The van der Waals surface area contributed by atoms with Crippen LogP contribution in [0.2, 0.25) is 0 Å². The summed E-state index contributed by atoms with van der Waals surface area (Å²) in [6, 6.07) is 18.0. The molecule has 5 saturated heterocycles. The minimum absolute atomic E-state index is 0.00681. The van der Waals surface area contributed by atoms with Crippen LogP contribution in [0.15, 0.2) is 72.8 Å². The molecule has 18 unspecified atom stereocenters. The lowest BCUT2D eigenvalue weighted by molar-refractivity contribution is -0.595. The molecule has 4 aliphatic carbocycles. The highest BCUT2D eigenvalue weighted by Gasteiger charge is 2.90. The van der Waals surface area contributed by atoms with E-state index in [-0.39, 0.29) is 18.3 Å². The van der Waals surface area contributed by atoms with E-state index >= 15 is 0 Å². The van der Waals surface area contributed by atoms with Crippen LogP contribution in [0.5, 0.6) is 0 Å². The number of aliphatic hydroxyl groups is 4. The Bertz CT molecular complexity index is 2050. The molecular formula is C46H54O13. The van der Waals surface area contributed by atoms with Crippen LogP contribution in [-0.4, -0.2) is 109 Å². The molecule has 13 nitrogen and oxygen atoms in total. The van der Waals surface area contributed by atoms with E-state index in [1.165, 1.54) is 6.08 Å². The number of aliphatic hydroxyl groups excluding tert-OH is 1. The van der Waals surface area contributed by atoms with Gasteiger partial charge >= 0.3 is 17.9 Å². The maximum atomic E-state index is 13.8. The van der Waals surface area contributed by atoms with Crippen molar-refractivity contribution in [1.29, 1.82) is 0 Å². The molecular weight excluding hydrogens is 760 g/mol. The molecule has 4 saturated carbocycles. The maximum absolute atomic E-state index is 13.8. The van der Waals surface area contributed by atoms with Crippen molar-refractivity contribution in [3.8, 4) is 0 Å². The first kappa shape index (κ1) is 38.7. The summed E-state index contributed by atoms with van der Waals surface area (Å²) in [4.78, 5) is 27.3. The molecule has 0 amide bonds. The van der Waals surface area contributed by atoms with E-state index < -0.39 is 118 Å². The Balaban J connectivity index is 1.03. The van der Waals surface area contributed by atoms with E-state index in [2.05, 4.69) is 0 Å². The first-order valence-corrected chi connectivity index (χ1v) is 21.5. The van der Waals surface area contributed by atoms with Gasteiger partial charge in [0, 0.05) is 29.4 Å².